The molecule has 3 aromatic carbocycles. The number of fused-ring (bicyclic) bond motifs is 1. The second kappa shape index (κ2) is 10.8. The molecule has 2 unspecified atom stereocenters. The highest BCUT2D eigenvalue weighted by Gasteiger charge is 2.29. The topological polar surface area (TPSA) is 108 Å². The van der Waals surface area contributed by atoms with Crippen LogP contribution in [0.2, 0.25) is 0 Å². The Morgan fingerprint density at radius 1 is 1.09 bits per heavy atom. The van der Waals surface area contributed by atoms with Gasteiger partial charge in [0.05, 0.1) is 20.3 Å². The van der Waals surface area contributed by atoms with E-state index in [-0.39, 0.29) is 0 Å². The molecular formula is C26H26NO7S-. The van der Waals surface area contributed by atoms with Gasteiger partial charge >= 0.3 is 5.97 Å². The highest BCUT2D eigenvalue weighted by Crippen LogP contribution is 2.42. The average molecular weight is 497 g/mol. The third-order valence-corrected chi connectivity index (χ3v) is 6.85. The van der Waals surface area contributed by atoms with Crippen LogP contribution in [-0.4, -0.2) is 40.7 Å². The number of carbonyl (C=O) groups is 1. The molecular weight excluding hydrogens is 470 g/mol. The molecule has 4 rings (SSSR count). The van der Waals surface area contributed by atoms with Gasteiger partial charge in [-0.3, -0.25) is 8.51 Å². The van der Waals surface area contributed by atoms with Crippen molar-refractivity contribution < 1.29 is 32.9 Å². The summed E-state index contributed by atoms with van der Waals surface area (Å²) in [6.07, 6.45) is 2.07. The summed E-state index contributed by atoms with van der Waals surface area (Å²) in [5.74, 6) is 0.779. The summed E-state index contributed by atoms with van der Waals surface area (Å²) in [7, 11) is 3.19. The quantitative estimate of drug-likeness (QED) is 0.434. The molecule has 0 amide bonds. The number of hydrogen-bond acceptors (Lipinski definition) is 6. The number of ether oxygens (including phenoxy) is 3. The molecule has 1 N–H and O–H groups in total. The van der Waals surface area contributed by atoms with E-state index in [1.54, 1.807) is 38.5 Å². The number of benzene rings is 3. The molecule has 0 aliphatic heterocycles. The van der Waals surface area contributed by atoms with Crippen LogP contribution < -0.4 is 18.5 Å². The van der Waals surface area contributed by atoms with Gasteiger partial charge in [0, 0.05) is 22.5 Å². The Kier molecular flexibility index (Phi) is 7.57. The van der Waals surface area contributed by atoms with E-state index in [2.05, 4.69) is 0 Å². The van der Waals surface area contributed by atoms with Crippen molar-refractivity contribution in [3.05, 3.63) is 71.8 Å². The Bertz CT molecular complexity index is 1230. The molecule has 0 saturated carbocycles. The first kappa shape index (κ1) is 24.6. The molecule has 35 heavy (non-hydrogen) atoms. The van der Waals surface area contributed by atoms with Crippen molar-refractivity contribution >= 4 is 22.9 Å². The number of nitrogens with zero attached hydrogens (tertiary/aromatic N) is 1. The van der Waals surface area contributed by atoms with Crippen LogP contribution in [0, 0.1) is 0 Å². The third-order valence-electron chi connectivity index (χ3n) is 6.07. The van der Waals surface area contributed by atoms with Crippen LogP contribution in [0.4, 0.5) is 5.69 Å². The molecule has 0 heterocycles. The number of carboxylic acid groups (broad SMARTS) is 1. The van der Waals surface area contributed by atoms with Gasteiger partial charge in [0.1, 0.15) is 17.2 Å². The summed E-state index contributed by atoms with van der Waals surface area (Å²) in [6.45, 7) is -0.451. The SMILES string of the molecule is COc1ccc(OC)c(-c2ccc(N(C3CCCc4c(OCC(=O)O)cccc43)S(=O)[O-])cc2)c1. The maximum absolute atomic E-state index is 12.4. The number of rotatable bonds is 9. The molecule has 8 nitrogen and oxygen atoms in total. The summed E-state index contributed by atoms with van der Waals surface area (Å²) >= 11 is -2.54. The third kappa shape index (κ3) is 5.26. The highest BCUT2D eigenvalue weighted by atomic mass is 32.2. The number of aliphatic carboxylic acids is 1. The van der Waals surface area contributed by atoms with Crippen LogP contribution in [-0.2, 0) is 22.5 Å². The summed E-state index contributed by atoms with van der Waals surface area (Å²) in [6, 6.07) is 17.7. The maximum Gasteiger partial charge on any atom is 0.341 e. The van der Waals surface area contributed by atoms with E-state index in [9.17, 15) is 13.6 Å². The van der Waals surface area contributed by atoms with Crippen molar-refractivity contribution in [3.8, 4) is 28.4 Å². The van der Waals surface area contributed by atoms with Crippen molar-refractivity contribution in [1.82, 2.24) is 0 Å². The van der Waals surface area contributed by atoms with Gasteiger partial charge in [-0.15, -0.1) is 0 Å². The number of anilines is 1. The van der Waals surface area contributed by atoms with Gasteiger partial charge in [-0.1, -0.05) is 24.3 Å². The first-order valence-electron chi connectivity index (χ1n) is 11.1. The Labute approximate surface area is 206 Å². The second-order valence-corrected chi connectivity index (χ2v) is 8.90. The normalized spacial score (nSPS) is 15.6. The van der Waals surface area contributed by atoms with Crippen LogP contribution in [0.3, 0.4) is 0 Å². The minimum absolute atomic E-state index is 0.428. The molecule has 184 valence electrons. The van der Waals surface area contributed by atoms with Crippen LogP contribution in [0.25, 0.3) is 11.1 Å². The molecule has 9 heteroatoms. The Balaban J connectivity index is 1.68. The fraction of sp³-hybridized carbons (Fsp3) is 0.269. The van der Waals surface area contributed by atoms with Gasteiger partial charge in [-0.05, 0) is 72.4 Å². The van der Waals surface area contributed by atoms with E-state index >= 15 is 0 Å². The summed E-state index contributed by atoms with van der Waals surface area (Å²) < 4.78 is 42.5. The number of carboxylic acids is 1. The minimum atomic E-state index is -2.54. The van der Waals surface area contributed by atoms with Gasteiger partial charge in [-0.2, -0.15) is 0 Å². The first-order valence-corrected chi connectivity index (χ1v) is 12.1. The zero-order chi connectivity index (χ0) is 24.9. The number of methoxy groups -OCH3 is 2. The predicted octanol–water partition coefficient (Wildman–Crippen LogP) is 4.51. The monoisotopic (exact) mass is 496 g/mol. The molecule has 0 aromatic heterocycles. The summed E-state index contributed by atoms with van der Waals surface area (Å²) in [5, 5.41) is 8.98. The lowest BCUT2D eigenvalue weighted by Gasteiger charge is -2.38. The van der Waals surface area contributed by atoms with Gasteiger partial charge in [0.2, 0.25) is 0 Å². The molecule has 0 radical (unpaired) electrons. The zero-order valence-corrected chi connectivity index (χ0v) is 20.2. The lowest BCUT2D eigenvalue weighted by Crippen LogP contribution is -2.33. The second-order valence-electron chi connectivity index (χ2n) is 8.07. The smallest absolute Gasteiger partial charge is 0.341 e. The minimum Gasteiger partial charge on any atom is -0.755 e. The summed E-state index contributed by atoms with van der Waals surface area (Å²) in [4.78, 5) is 11.0. The lowest BCUT2D eigenvalue weighted by molar-refractivity contribution is -0.139. The molecule has 3 aromatic rings. The summed E-state index contributed by atoms with van der Waals surface area (Å²) in [5.41, 5.74) is 3.88. The van der Waals surface area contributed by atoms with E-state index in [1.807, 2.05) is 36.4 Å². The molecule has 1 aliphatic rings. The van der Waals surface area contributed by atoms with Gasteiger partial charge in [-0.25, -0.2) is 4.79 Å². The van der Waals surface area contributed by atoms with Crippen molar-refractivity contribution in [2.75, 3.05) is 25.1 Å². The van der Waals surface area contributed by atoms with E-state index in [1.165, 1.54) is 4.31 Å². The number of hydrogen-bond donors (Lipinski definition) is 1. The van der Waals surface area contributed by atoms with Crippen molar-refractivity contribution in [3.63, 3.8) is 0 Å². The van der Waals surface area contributed by atoms with Crippen LogP contribution in [0.1, 0.15) is 30.0 Å². The van der Waals surface area contributed by atoms with Crippen LogP contribution >= 0.6 is 0 Å². The fourth-order valence-electron chi connectivity index (χ4n) is 4.51. The van der Waals surface area contributed by atoms with Crippen LogP contribution in [0.15, 0.2) is 60.7 Å². The van der Waals surface area contributed by atoms with E-state index < -0.39 is 29.9 Å². The van der Waals surface area contributed by atoms with Crippen molar-refractivity contribution in [2.24, 2.45) is 0 Å². The van der Waals surface area contributed by atoms with E-state index in [4.69, 9.17) is 19.3 Å². The van der Waals surface area contributed by atoms with Gasteiger partial charge in [0.25, 0.3) is 0 Å². The van der Waals surface area contributed by atoms with Gasteiger partial charge < -0.3 is 23.9 Å². The standard InChI is InChI=1S/C26H27NO7S/c1-32-19-13-14-24(33-2)22(15-19)17-9-11-18(12-10-17)27(35(30)31)23-7-3-6-21-20(23)5-4-8-25(21)34-16-26(28)29/h4-5,8-15,23H,3,6-7,16H2,1-2H3,(H,28,29)(H,30,31)/p-1. The van der Waals surface area contributed by atoms with Gasteiger partial charge in [0.15, 0.2) is 6.61 Å². The molecule has 0 saturated heterocycles. The maximum atomic E-state index is 12.4. The molecule has 2 atom stereocenters. The fourth-order valence-corrected chi connectivity index (χ4v) is 5.23. The largest absolute Gasteiger partial charge is 0.755 e. The zero-order valence-electron chi connectivity index (χ0n) is 19.4. The van der Waals surface area contributed by atoms with Crippen molar-refractivity contribution in [1.29, 1.82) is 0 Å². The van der Waals surface area contributed by atoms with E-state index in [0.717, 1.165) is 28.7 Å². The highest BCUT2D eigenvalue weighted by molar-refractivity contribution is 7.80. The Hall–Kier alpha value is -3.56. The molecule has 0 bridgehead atoms. The lowest BCUT2D eigenvalue weighted by atomic mass is 9.87. The first-order chi connectivity index (χ1) is 16.9. The molecule has 1 aliphatic carbocycles. The van der Waals surface area contributed by atoms with Crippen LogP contribution in [0.5, 0.6) is 17.2 Å². The predicted molar refractivity (Wildman–Crippen MR) is 132 cm³/mol. The molecule has 0 spiro atoms. The Morgan fingerprint density at radius 2 is 1.86 bits per heavy atom. The van der Waals surface area contributed by atoms with E-state index in [0.29, 0.717) is 35.8 Å². The average Bonchev–Trinajstić information content (AvgIpc) is 2.87. The van der Waals surface area contributed by atoms with Crippen molar-refractivity contribution in [2.45, 2.75) is 25.3 Å². The Morgan fingerprint density at radius 3 is 2.51 bits per heavy atom. The molecule has 0 fully saturated rings.